The maximum Gasteiger partial charge on any atom is 0.130 e. The quantitative estimate of drug-likeness (QED) is 0.755. The molecule has 0 bridgehead atoms. The molecule has 0 aliphatic heterocycles. The van der Waals surface area contributed by atoms with Crippen LogP contribution < -0.4 is 19.5 Å². The molecule has 0 fully saturated rings. The van der Waals surface area contributed by atoms with Crippen LogP contribution in [-0.2, 0) is 6.54 Å². The summed E-state index contributed by atoms with van der Waals surface area (Å²) in [5.41, 5.74) is 2.06. The maximum absolute atomic E-state index is 5.37. The molecule has 4 heteroatoms. The van der Waals surface area contributed by atoms with Gasteiger partial charge in [0.25, 0.3) is 0 Å². The van der Waals surface area contributed by atoms with Gasteiger partial charge >= 0.3 is 0 Å². The van der Waals surface area contributed by atoms with Gasteiger partial charge in [0.1, 0.15) is 17.2 Å². The Morgan fingerprint density at radius 2 is 1.67 bits per heavy atom. The summed E-state index contributed by atoms with van der Waals surface area (Å²) in [7, 11) is 4.89. The van der Waals surface area contributed by atoms with E-state index in [1.165, 1.54) is 0 Å². The lowest BCUT2D eigenvalue weighted by Gasteiger charge is -2.15. The van der Waals surface area contributed by atoms with Crippen molar-refractivity contribution >= 4 is 0 Å². The predicted molar refractivity (Wildman–Crippen MR) is 72.6 cm³/mol. The zero-order valence-electron chi connectivity index (χ0n) is 11.5. The van der Waals surface area contributed by atoms with Crippen LogP contribution in [-0.4, -0.2) is 27.9 Å². The molecular weight excluding hydrogens is 230 g/mol. The molecule has 18 heavy (non-hydrogen) atoms. The molecule has 0 heterocycles. The van der Waals surface area contributed by atoms with Crippen LogP contribution in [0.1, 0.15) is 12.5 Å². The van der Waals surface area contributed by atoms with Crippen LogP contribution in [0.25, 0.3) is 0 Å². The van der Waals surface area contributed by atoms with Crippen molar-refractivity contribution in [3.63, 3.8) is 0 Å². The average molecular weight is 251 g/mol. The largest absolute Gasteiger partial charge is 0.496 e. The molecule has 0 aliphatic rings. The third-order valence-electron chi connectivity index (χ3n) is 2.55. The number of benzene rings is 1. The number of ether oxygens (including phenoxy) is 3. The first-order valence-corrected chi connectivity index (χ1v) is 5.76. The summed E-state index contributed by atoms with van der Waals surface area (Å²) in [5, 5.41) is 3.29. The Morgan fingerprint density at radius 3 is 2.06 bits per heavy atom. The average Bonchev–Trinajstić information content (AvgIpc) is 2.37. The second-order valence-corrected chi connectivity index (χ2v) is 4.07. The Bertz CT molecular complexity index is 390. The first kappa shape index (κ1) is 14.4. The molecule has 0 saturated carbocycles. The zero-order valence-corrected chi connectivity index (χ0v) is 11.5. The molecule has 1 rings (SSSR count). The molecule has 0 atom stereocenters. The Hall–Kier alpha value is -1.68. The van der Waals surface area contributed by atoms with E-state index in [9.17, 15) is 0 Å². The van der Waals surface area contributed by atoms with Crippen LogP contribution in [0, 0.1) is 0 Å². The lowest BCUT2D eigenvalue weighted by Crippen LogP contribution is -2.16. The van der Waals surface area contributed by atoms with Gasteiger partial charge in [0.15, 0.2) is 0 Å². The summed E-state index contributed by atoms with van der Waals surface area (Å²) in [6.07, 6.45) is 0. The van der Waals surface area contributed by atoms with Gasteiger partial charge in [-0.2, -0.15) is 0 Å². The van der Waals surface area contributed by atoms with Crippen molar-refractivity contribution in [2.24, 2.45) is 0 Å². The maximum atomic E-state index is 5.37. The summed E-state index contributed by atoms with van der Waals surface area (Å²) in [6.45, 7) is 7.25. The molecule has 4 nitrogen and oxygen atoms in total. The molecular formula is C14H21NO3. The summed E-state index contributed by atoms with van der Waals surface area (Å²) >= 11 is 0. The van der Waals surface area contributed by atoms with Crippen molar-refractivity contribution in [2.45, 2.75) is 13.5 Å². The fourth-order valence-corrected chi connectivity index (χ4v) is 1.65. The molecule has 0 aliphatic carbocycles. The zero-order chi connectivity index (χ0) is 13.5. The minimum atomic E-state index is 0.656. The molecule has 0 radical (unpaired) electrons. The summed E-state index contributed by atoms with van der Waals surface area (Å²) < 4.78 is 15.9. The predicted octanol–water partition coefficient (Wildman–Crippen LogP) is 2.38. The van der Waals surface area contributed by atoms with Crippen LogP contribution in [0.5, 0.6) is 17.2 Å². The molecule has 1 aromatic rings. The van der Waals surface area contributed by atoms with Crippen LogP contribution in [0.15, 0.2) is 24.3 Å². The normalized spacial score (nSPS) is 10.0. The van der Waals surface area contributed by atoms with Crippen molar-refractivity contribution in [3.05, 3.63) is 29.8 Å². The first-order valence-electron chi connectivity index (χ1n) is 5.76. The summed E-state index contributed by atoms with van der Waals surface area (Å²) in [6, 6.07) is 3.70. The van der Waals surface area contributed by atoms with E-state index >= 15 is 0 Å². The summed E-state index contributed by atoms with van der Waals surface area (Å²) in [5.74, 6) is 2.22. The molecule has 0 saturated heterocycles. The molecule has 0 unspecified atom stereocenters. The highest BCUT2D eigenvalue weighted by Gasteiger charge is 2.12. The SMILES string of the molecule is C=C(C)CNCc1c(OC)cc(OC)cc1OC. The minimum Gasteiger partial charge on any atom is -0.496 e. The van der Waals surface area contributed by atoms with Gasteiger partial charge in [-0.25, -0.2) is 0 Å². The number of nitrogens with one attached hydrogen (secondary N) is 1. The molecule has 0 amide bonds. The minimum absolute atomic E-state index is 0.656. The Balaban J connectivity index is 2.95. The van der Waals surface area contributed by atoms with Gasteiger partial charge < -0.3 is 19.5 Å². The van der Waals surface area contributed by atoms with E-state index in [4.69, 9.17) is 14.2 Å². The van der Waals surface area contributed by atoms with Gasteiger partial charge in [0.05, 0.1) is 26.9 Å². The number of hydrogen-bond acceptors (Lipinski definition) is 4. The molecule has 0 spiro atoms. The third-order valence-corrected chi connectivity index (χ3v) is 2.55. The monoisotopic (exact) mass is 251 g/mol. The van der Waals surface area contributed by atoms with Gasteiger partial charge in [-0.15, -0.1) is 0 Å². The Labute approximate surface area is 109 Å². The van der Waals surface area contributed by atoms with Gasteiger partial charge in [-0.05, 0) is 6.92 Å². The summed E-state index contributed by atoms with van der Waals surface area (Å²) in [4.78, 5) is 0. The standard InChI is InChI=1S/C14H21NO3/c1-10(2)8-15-9-12-13(17-4)6-11(16-3)7-14(12)18-5/h6-7,15H,1,8-9H2,2-5H3. The van der Waals surface area contributed by atoms with E-state index in [-0.39, 0.29) is 0 Å². The van der Waals surface area contributed by atoms with Crippen molar-refractivity contribution in [1.29, 1.82) is 0 Å². The van der Waals surface area contributed by atoms with Crippen LogP contribution in [0.4, 0.5) is 0 Å². The van der Waals surface area contributed by atoms with E-state index in [1.54, 1.807) is 21.3 Å². The van der Waals surface area contributed by atoms with Crippen LogP contribution in [0.2, 0.25) is 0 Å². The van der Waals surface area contributed by atoms with E-state index in [0.29, 0.717) is 12.3 Å². The number of methoxy groups -OCH3 is 3. The lowest BCUT2D eigenvalue weighted by molar-refractivity contribution is 0.367. The smallest absolute Gasteiger partial charge is 0.130 e. The van der Waals surface area contributed by atoms with Gasteiger partial charge in [0, 0.05) is 25.2 Å². The fraction of sp³-hybridized carbons (Fsp3) is 0.429. The van der Waals surface area contributed by atoms with Crippen molar-refractivity contribution in [1.82, 2.24) is 5.32 Å². The second kappa shape index (κ2) is 6.91. The van der Waals surface area contributed by atoms with E-state index in [0.717, 1.165) is 29.2 Å². The molecule has 0 aromatic heterocycles. The van der Waals surface area contributed by atoms with E-state index in [1.807, 2.05) is 19.1 Å². The Morgan fingerprint density at radius 1 is 1.11 bits per heavy atom. The van der Waals surface area contributed by atoms with Gasteiger partial charge in [-0.3, -0.25) is 0 Å². The van der Waals surface area contributed by atoms with Crippen molar-refractivity contribution in [2.75, 3.05) is 27.9 Å². The van der Waals surface area contributed by atoms with Gasteiger partial charge in [0.2, 0.25) is 0 Å². The molecule has 1 aromatic carbocycles. The first-order chi connectivity index (χ1) is 8.62. The lowest BCUT2D eigenvalue weighted by atomic mass is 10.1. The highest BCUT2D eigenvalue weighted by Crippen LogP contribution is 2.33. The topological polar surface area (TPSA) is 39.7 Å². The molecule has 1 N–H and O–H groups in total. The van der Waals surface area contributed by atoms with E-state index in [2.05, 4.69) is 11.9 Å². The van der Waals surface area contributed by atoms with Crippen molar-refractivity contribution in [3.8, 4) is 17.2 Å². The van der Waals surface area contributed by atoms with Crippen LogP contribution >= 0.6 is 0 Å². The van der Waals surface area contributed by atoms with Crippen molar-refractivity contribution < 1.29 is 14.2 Å². The van der Waals surface area contributed by atoms with Gasteiger partial charge in [-0.1, -0.05) is 12.2 Å². The second-order valence-electron chi connectivity index (χ2n) is 4.07. The highest BCUT2D eigenvalue weighted by molar-refractivity contribution is 5.50. The fourth-order valence-electron chi connectivity index (χ4n) is 1.65. The third kappa shape index (κ3) is 3.67. The highest BCUT2D eigenvalue weighted by atomic mass is 16.5. The van der Waals surface area contributed by atoms with E-state index < -0.39 is 0 Å². The molecule has 100 valence electrons. The van der Waals surface area contributed by atoms with Crippen LogP contribution in [0.3, 0.4) is 0 Å². The Kier molecular flexibility index (Phi) is 5.52. The number of rotatable bonds is 7. The number of hydrogen-bond donors (Lipinski definition) is 1.